The number of carbonyl (C=O) groups is 1. The molecule has 1 aromatic carbocycles. The summed E-state index contributed by atoms with van der Waals surface area (Å²) in [6.45, 7) is 6.03. The minimum atomic E-state index is 0.00760. The molecule has 1 amide bonds. The van der Waals surface area contributed by atoms with Crippen LogP contribution in [0.5, 0.6) is 0 Å². The van der Waals surface area contributed by atoms with Crippen molar-refractivity contribution in [3.63, 3.8) is 0 Å². The van der Waals surface area contributed by atoms with Gasteiger partial charge in [-0.1, -0.05) is 30.3 Å². The Kier molecular flexibility index (Phi) is 5.81. The van der Waals surface area contributed by atoms with Crippen molar-refractivity contribution in [1.82, 2.24) is 20.4 Å². The second-order valence-corrected chi connectivity index (χ2v) is 6.62. The van der Waals surface area contributed by atoms with Gasteiger partial charge in [0, 0.05) is 31.1 Å². The molecule has 1 saturated heterocycles. The minimum absolute atomic E-state index is 0.00760. The molecule has 2 aromatic rings. The topological polar surface area (TPSA) is 71.3 Å². The molecule has 2 heterocycles. The van der Waals surface area contributed by atoms with Crippen molar-refractivity contribution in [3.8, 4) is 0 Å². The van der Waals surface area contributed by atoms with E-state index in [9.17, 15) is 4.79 Å². The van der Waals surface area contributed by atoms with Gasteiger partial charge < -0.3 is 9.84 Å². The van der Waals surface area contributed by atoms with Crippen molar-refractivity contribution >= 4 is 5.91 Å². The molecule has 0 aliphatic carbocycles. The van der Waals surface area contributed by atoms with Gasteiger partial charge in [-0.2, -0.15) is 4.98 Å². The molecule has 1 fully saturated rings. The highest BCUT2D eigenvalue weighted by Crippen LogP contribution is 2.23. The molecule has 0 radical (unpaired) electrons. The fourth-order valence-corrected chi connectivity index (χ4v) is 3.21. The van der Waals surface area contributed by atoms with E-state index in [-0.39, 0.29) is 18.0 Å². The summed E-state index contributed by atoms with van der Waals surface area (Å²) in [6, 6.07) is 9.71. The molecule has 0 spiro atoms. The Bertz CT molecular complexity index is 678. The van der Waals surface area contributed by atoms with E-state index in [2.05, 4.69) is 34.2 Å². The highest BCUT2D eigenvalue weighted by Gasteiger charge is 2.27. The summed E-state index contributed by atoms with van der Waals surface area (Å²) in [7, 11) is 0. The molecule has 1 aliphatic heterocycles. The van der Waals surface area contributed by atoms with Crippen molar-refractivity contribution in [2.45, 2.75) is 51.6 Å². The van der Waals surface area contributed by atoms with Crippen molar-refractivity contribution in [2.24, 2.45) is 0 Å². The highest BCUT2D eigenvalue weighted by atomic mass is 16.5. The number of hydrogen-bond acceptors (Lipinski definition) is 5. The van der Waals surface area contributed by atoms with E-state index in [4.69, 9.17) is 4.52 Å². The van der Waals surface area contributed by atoms with Crippen LogP contribution in [-0.4, -0.2) is 40.1 Å². The van der Waals surface area contributed by atoms with Crippen LogP contribution >= 0.6 is 0 Å². The minimum Gasteiger partial charge on any atom is -0.349 e. The van der Waals surface area contributed by atoms with Crippen LogP contribution in [0.1, 0.15) is 61.2 Å². The van der Waals surface area contributed by atoms with Crippen LogP contribution in [0.3, 0.4) is 0 Å². The molecule has 1 atom stereocenters. The van der Waals surface area contributed by atoms with Gasteiger partial charge in [-0.3, -0.25) is 9.69 Å². The lowest BCUT2D eigenvalue weighted by Crippen LogP contribution is -2.45. The highest BCUT2D eigenvalue weighted by molar-refractivity contribution is 5.94. The van der Waals surface area contributed by atoms with Gasteiger partial charge in [-0.15, -0.1) is 0 Å². The number of carbonyl (C=O) groups excluding carboxylic acids is 1. The van der Waals surface area contributed by atoms with Crippen LogP contribution in [0.2, 0.25) is 0 Å². The number of benzene rings is 1. The Labute approximate surface area is 148 Å². The Hall–Kier alpha value is -2.21. The lowest BCUT2D eigenvalue weighted by Gasteiger charge is -2.34. The van der Waals surface area contributed by atoms with Crippen LogP contribution in [0.15, 0.2) is 34.9 Å². The van der Waals surface area contributed by atoms with Crippen LogP contribution in [0, 0.1) is 0 Å². The quantitative estimate of drug-likeness (QED) is 0.874. The lowest BCUT2D eigenvalue weighted by atomic mass is 10.0. The van der Waals surface area contributed by atoms with E-state index >= 15 is 0 Å². The van der Waals surface area contributed by atoms with Gasteiger partial charge in [0.05, 0.1) is 6.04 Å². The molecule has 1 aliphatic rings. The van der Waals surface area contributed by atoms with E-state index in [0.717, 1.165) is 44.6 Å². The van der Waals surface area contributed by atoms with Crippen LogP contribution in [-0.2, 0) is 6.42 Å². The lowest BCUT2D eigenvalue weighted by molar-refractivity contribution is 0.0881. The standard InChI is InChI=1S/C19H26N4O2/c1-3-7-17-21-19(25-22-17)14(2)23-12-10-16(11-13-23)20-18(24)15-8-5-4-6-9-15/h4-6,8-9,14,16H,3,7,10-13H2,1-2H3,(H,20,24)/t14-/m0/s1. The summed E-state index contributed by atoms with van der Waals surface area (Å²) in [6.07, 6.45) is 3.72. The Morgan fingerprint density at radius 2 is 2.04 bits per heavy atom. The third kappa shape index (κ3) is 4.45. The summed E-state index contributed by atoms with van der Waals surface area (Å²) < 4.78 is 5.41. The number of nitrogens with one attached hydrogen (secondary N) is 1. The average Bonchev–Trinajstić information content (AvgIpc) is 3.11. The maximum atomic E-state index is 12.3. The Morgan fingerprint density at radius 3 is 2.72 bits per heavy atom. The maximum Gasteiger partial charge on any atom is 0.251 e. The van der Waals surface area contributed by atoms with Gasteiger partial charge in [-0.05, 0) is 38.3 Å². The molecule has 1 N–H and O–H groups in total. The predicted octanol–water partition coefficient (Wildman–Crippen LogP) is 2.98. The third-order valence-electron chi connectivity index (χ3n) is 4.76. The second kappa shape index (κ2) is 8.25. The number of piperidine rings is 1. The van der Waals surface area contributed by atoms with Crippen LogP contribution in [0.4, 0.5) is 0 Å². The van der Waals surface area contributed by atoms with Gasteiger partial charge in [0.25, 0.3) is 5.91 Å². The number of aryl methyl sites for hydroxylation is 1. The van der Waals surface area contributed by atoms with Crippen LogP contribution in [0.25, 0.3) is 0 Å². The van der Waals surface area contributed by atoms with Crippen molar-refractivity contribution in [3.05, 3.63) is 47.6 Å². The van der Waals surface area contributed by atoms with Crippen LogP contribution < -0.4 is 5.32 Å². The van der Waals surface area contributed by atoms with Gasteiger partial charge in [0.1, 0.15) is 0 Å². The first kappa shape index (κ1) is 17.6. The number of hydrogen-bond donors (Lipinski definition) is 1. The third-order valence-corrected chi connectivity index (χ3v) is 4.76. The molecule has 0 saturated carbocycles. The molecule has 6 heteroatoms. The molecule has 0 bridgehead atoms. The molecule has 3 rings (SSSR count). The average molecular weight is 342 g/mol. The molecule has 25 heavy (non-hydrogen) atoms. The Morgan fingerprint density at radius 1 is 1.32 bits per heavy atom. The molecule has 6 nitrogen and oxygen atoms in total. The first-order valence-corrected chi connectivity index (χ1v) is 9.09. The summed E-state index contributed by atoms with van der Waals surface area (Å²) in [5.74, 6) is 1.48. The zero-order chi connectivity index (χ0) is 17.6. The summed E-state index contributed by atoms with van der Waals surface area (Å²) >= 11 is 0. The van der Waals surface area contributed by atoms with Crippen molar-refractivity contribution < 1.29 is 9.32 Å². The molecular formula is C19H26N4O2. The van der Waals surface area contributed by atoms with E-state index in [1.165, 1.54) is 0 Å². The normalized spacial score (nSPS) is 17.4. The zero-order valence-electron chi connectivity index (χ0n) is 14.9. The number of aromatic nitrogens is 2. The summed E-state index contributed by atoms with van der Waals surface area (Å²) in [5.41, 5.74) is 0.715. The SMILES string of the molecule is CCCc1noc([C@H](C)N2CCC(NC(=O)c3ccccc3)CC2)n1. The van der Waals surface area contributed by atoms with E-state index in [0.29, 0.717) is 11.5 Å². The Balaban J connectivity index is 1.50. The fraction of sp³-hybridized carbons (Fsp3) is 0.526. The summed E-state index contributed by atoms with van der Waals surface area (Å²) in [5, 5.41) is 7.18. The van der Waals surface area contributed by atoms with Gasteiger partial charge >= 0.3 is 0 Å². The number of likely N-dealkylation sites (tertiary alicyclic amines) is 1. The number of rotatable bonds is 6. The van der Waals surface area contributed by atoms with Gasteiger partial charge in [-0.25, -0.2) is 0 Å². The molecule has 1 aromatic heterocycles. The zero-order valence-corrected chi connectivity index (χ0v) is 14.9. The monoisotopic (exact) mass is 342 g/mol. The number of nitrogens with zero attached hydrogens (tertiary/aromatic N) is 3. The van der Waals surface area contributed by atoms with E-state index in [1.54, 1.807) is 0 Å². The fourth-order valence-electron chi connectivity index (χ4n) is 3.21. The first-order valence-electron chi connectivity index (χ1n) is 9.09. The van der Waals surface area contributed by atoms with Crippen molar-refractivity contribution in [2.75, 3.05) is 13.1 Å². The molecule has 0 unspecified atom stereocenters. The maximum absolute atomic E-state index is 12.3. The smallest absolute Gasteiger partial charge is 0.251 e. The second-order valence-electron chi connectivity index (χ2n) is 6.62. The first-order chi connectivity index (χ1) is 12.2. The molecule has 134 valence electrons. The van der Waals surface area contributed by atoms with Gasteiger partial charge in [0.15, 0.2) is 5.82 Å². The van der Waals surface area contributed by atoms with E-state index < -0.39 is 0 Å². The predicted molar refractivity (Wildman–Crippen MR) is 95.2 cm³/mol. The van der Waals surface area contributed by atoms with Gasteiger partial charge in [0.2, 0.25) is 5.89 Å². The van der Waals surface area contributed by atoms with E-state index in [1.807, 2.05) is 30.3 Å². The van der Waals surface area contributed by atoms with Crippen molar-refractivity contribution in [1.29, 1.82) is 0 Å². The summed E-state index contributed by atoms with van der Waals surface area (Å²) in [4.78, 5) is 19.1. The molecular weight excluding hydrogens is 316 g/mol. The number of amides is 1. The largest absolute Gasteiger partial charge is 0.349 e.